The second-order valence-corrected chi connectivity index (χ2v) is 12.8. The van der Waals surface area contributed by atoms with E-state index in [0.29, 0.717) is 39.8 Å². The van der Waals surface area contributed by atoms with Gasteiger partial charge in [0, 0.05) is 29.9 Å². The molecule has 3 aromatic heterocycles. The molecule has 4 heterocycles. The summed E-state index contributed by atoms with van der Waals surface area (Å²) in [5, 5.41) is 7.39. The number of ether oxygens (including phenoxy) is 1. The molecule has 5 N–H and O–H groups in total. The molecule has 15 heteroatoms. The molecule has 1 unspecified atom stereocenters. The zero-order valence-electron chi connectivity index (χ0n) is 26.1. The van der Waals surface area contributed by atoms with Gasteiger partial charge >= 0.3 is 11.8 Å². The minimum absolute atomic E-state index is 0.0831. The molecule has 46 heavy (non-hydrogen) atoms. The van der Waals surface area contributed by atoms with Crippen molar-refractivity contribution in [3.8, 4) is 11.6 Å². The van der Waals surface area contributed by atoms with E-state index in [1.807, 2.05) is 18.2 Å². The molecule has 4 aromatic rings. The molecule has 1 aliphatic rings. The van der Waals surface area contributed by atoms with Gasteiger partial charge in [0.1, 0.15) is 29.3 Å². The molecular weight excluding hydrogens is 615 g/mol. The number of aromatic nitrogens is 5. The summed E-state index contributed by atoms with van der Waals surface area (Å²) in [5.41, 5.74) is 10.5. The predicted octanol–water partition coefficient (Wildman–Crippen LogP) is 5.10. The third-order valence-electron chi connectivity index (χ3n) is 7.07. The van der Waals surface area contributed by atoms with E-state index in [9.17, 15) is 18.4 Å². The Morgan fingerprint density at radius 3 is 2.50 bits per heavy atom. The molecule has 0 spiro atoms. The number of halogens is 2. The summed E-state index contributed by atoms with van der Waals surface area (Å²) in [5.74, 6) is 0.505. The first-order chi connectivity index (χ1) is 21.5. The number of nitrogens with two attached hydrogens (primary N) is 2. The number of imidazole rings is 1. The van der Waals surface area contributed by atoms with E-state index in [1.165, 1.54) is 25.7 Å². The van der Waals surface area contributed by atoms with Gasteiger partial charge in [0.15, 0.2) is 11.6 Å². The van der Waals surface area contributed by atoms with E-state index in [2.05, 4.69) is 15.4 Å². The first-order valence-corrected chi connectivity index (χ1v) is 15.0. The molecule has 1 amide bonds. The molecule has 1 aromatic carbocycles. The number of Topliss-reactive ketones (excluding diaryl/α,β-unsaturated/α-hetero) is 1. The molecule has 1 aliphatic heterocycles. The summed E-state index contributed by atoms with van der Waals surface area (Å²) < 4.78 is 38.4. The Kier molecular flexibility index (Phi) is 8.61. The summed E-state index contributed by atoms with van der Waals surface area (Å²) in [4.78, 5) is 36.2. The predicted molar refractivity (Wildman–Crippen MR) is 174 cm³/mol. The zero-order chi connectivity index (χ0) is 33.6. The van der Waals surface area contributed by atoms with Crippen molar-refractivity contribution in [1.82, 2.24) is 29.2 Å². The van der Waals surface area contributed by atoms with Crippen LogP contribution < -0.4 is 16.8 Å². The number of carbonyl (C=O) groups is 2. The van der Waals surface area contributed by atoms with E-state index >= 15 is 0 Å². The van der Waals surface area contributed by atoms with Gasteiger partial charge in [0.05, 0.1) is 28.8 Å². The Morgan fingerprint density at radius 2 is 1.85 bits per heavy atom. The monoisotopic (exact) mass is 651 g/mol. The standard InChI is InChI=1S/C31H36F2N9O3P/c1-17(34)6-10-25(35)37-19-7-9-22-24(14-19)41(16-36-22)26-11-8-20(18(2)43)28(38-26)42-23-12-13-40(29(44)45-30(3,4)5)15-21(23)27(39-42)31(32,33)46/h6-11,14,16,37H,12-13,15,34-35,46H2,1-5H3/b17-6-,25-10+. The van der Waals surface area contributed by atoms with E-state index in [0.717, 1.165) is 0 Å². The van der Waals surface area contributed by atoms with Gasteiger partial charge in [0.25, 0.3) is 0 Å². The number of ketones is 1. The number of rotatable bonds is 7. The Morgan fingerprint density at radius 1 is 1.11 bits per heavy atom. The highest BCUT2D eigenvalue weighted by Crippen LogP contribution is 2.40. The number of hydrogen-bond donors (Lipinski definition) is 3. The summed E-state index contributed by atoms with van der Waals surface area (Å²) in [6, 6.07) is 8.69. The maximum absolute atomic E-state index is 14.9. The molecular formula is C31H36F2N9O3P. The molecule has 0 radical (unpaired) electrons. The largest absolute Gasteiger partial charge is 0.444 e. The van der Waals surface area contributed by atoms with Crippen LogP contribution in [-0.4, -0.2) is 53.2 Å². The highest BCUT2D eigenvalue weighted by Gasteiger charge is 2.39. The van der Waals surface area contributed by atoms with Gasteiger partial charge in [0.2, 0.25) is 0 Å². The van der Waals surface area contributed by atoms with Crippen molar-refractivity contribution in [2.24, 2.45) is 11.5 Å². The number of nitrogens with one attached hydrogen (secondary N) is 1. The number of carbonyl (C=O) groups excluding carboxylic acids is 2. The number of allylic oxidation sites excluding steroid dienone is 3. The van der Waals surface area contributed by atoms with Crippen LogP contribution in [0.2, 0.25) is 0 Å². The number of benzene rings is 1. The maximum atomic E-state index is 14.9. The van der Waals surface area contributed by atoms with Gasteiger partial charge in [-0.1, -0.05) is 9.24 Å². The summed E-state index contributed by atoms with van der Waals surface area (Å²) >= 11 is 0. The average molecular weight is 652 g/mol. The lowest BCUT2D eigenvalue weighted by atomic mass is 10.0. The van der Waals surface area contributed by atoms with Crippen LogP contribution in [0.25, 0.3) is 22.7 Å². The average Bonchev–Trinajstić information content (AvgIpc) is 3.56. The van der Waals surface area contributed by atoms with Crippen LogP contribution in [0.3, 0.4) is 0 Å². The zero-order valence-corrected chi connectivity index (χ0v) is 27.3. The fourth-order valence-electron chi connectivity index (χ4n) is 5.05. The first-order valence-electron chi connectivity index (χ1n) is 14.4. The van der Waals surface area contributed by atoms with Gasteiger partial charge in [-0.2, -0.15) is 13.9 Å². The van der Waals surface area contributed by atoms with E-state index in [1.54, 1.807) is 62.9 Å². The number of pyridine rings is 1. The van der Waals surface area contributed by atoms with Crippen LogP contribution in [0.4, 0.5) is 19.3 Å². The molecule has 1 atom stereocenters. The van der Waals surface area contributed by atoms with Crippen molar-refractivity contribution in [2.45, 2.75) is 58.8 Å². The van der Waals surface area contributed by atoms with E-state index in [4.69, 9.17) is 21.2 Å². The number of alkyl halides is 2. The lowest BCUT2D eigenvalue weighted by Gasteiger charge is -2.30. The van der Waals surface area contributed by atoms with Crippen molar-refractivity contribution in [1.29, 1.82) is 0 Å². The Hall–Kier alpha value is -4.84. The molecule has 242 valence electrons. The van der Waals surface area contributed by atoms with Crippen molar-refractivity contribution in [2.75, 3.05) is 11.9 Å². The number of nitrogens with zero attached hydrogens (tertiary/aromatic N) is 6. The van der Waals surface area contributed by atoms with Crippen molar-refractivity contribution in [3.05, 3.63) is 82.8 Å². The van der Waals surface area contributed by atoms with Crippen molar-refractivity contribution in [3.63, 3.8) is 0 Å². The van der Waals surface area contributed by atoms with Crippen LogP contribution in [-0.2, 0) is 23.4 Å². The number of anilines is 1. The lowest BCUT2D eigenvalue weighted by Crippen LogP contribution is -2.40. The molecule has 0 saturated carbocycles. The van der Waals surface area contributed by atoms with Crippen LogP contribution in [0, 0.1) is 0 Å². The molecule has 0 fully saturated rings. The summed E-state index contributed by atoms with van der Waals surface area (Å²) in [6.07, 6.45) is 4.47. The molecule has 12 nitrogen and oxygen atoms in total. The van der Waals surface area contributed by atoms with Crippen LogP contribution in [0.1, 0.15) is 61.9 Å². The Bertz CT molecular complexity index is 1900. The van der Waals surface area contributed by atoms with E-state index < -0.39 is 23.1 Å². The number of hydrogen-bond acceptors (Lipinski definition) is 9. The minimum atomic E-state index is -3.42. The lowest BCUT2D eigenvalue weighted by molar-refractivity contribution is 0.0217. The summed E-state index contributed by atoms with van der Waals surface area (Å²) in [6.45, 7) is 8.38. The second-order valence-electron chi connectivity index (χ2n) is 12.0. The maximum Gasteiger partial charge on any atom is 0.410 e. The second kappa shape index (κ2) is 12.2. The van der Waals surface area contributed by atoms with Crippen LogP contribution >= 0.6 is 9.24 Å². The van der Waals surface area contributed by atoms with Crippen LogP contribution in [0.15, 0.2) is 60.3 Å². The van der Waals surface area contributed by atoms with Crippen LogP contribution in [0.5, 0.6) is 0 Å². The minimum Gasteiger partial charge on any atom is -0.444 e. The van der Waals surface area contributed by atoms with Gasteiger partial charge in [-0.3, -0.25) is 9.36 Å². The van der Waals surface area contributed by atoms with E-state index in [-0.39, 0.29) is 42.2 Å². The fraction of sp³-hybridized carbons (Fsp3) is 0.323. The van der Waals surface area contributed by atoms with Gasteiger partial charge in [-0.15, -0.1) is 0 Å². The third kappa shape index (κ3) is 6.86. The van der Waals surface area contributed by atoms with Gasteiger partial charge in [-0.25, -0.2) is 19.4 Å². The van der Waals surface area contributed by atoms with Crippen molar-refractivity contribution >= 4 is 37.8 Å². The van der Waals surface area contributed by atoms with Crippen molar-refractivity contribution < 1.29 is 23.1 Å². The quantitative estimate of drug-likeness (QED) is 0.140. The highest BCUT2D eigenvalue weighted by molar-refractivity contribution is 7.17. The molecule has 5 rings (SSSR count). The fourth-order valence-corrected chi connectivity index (χ4v) is 5.28. The SMILES string of the molecule is CC(=O)c1ccc(-n2cnc3ccc(N/C(N)=C/C=C(/C)N)cc32)nc1-n1nc(C(F)(F)P)c2c1CCN(C(=O)OC(C)(C)C)C2. The summed E-state index contributed by atoms with van der Waals surface area (Å²) in [7, 11) is 1.50. The molecule has 0 bridgehead atoms. The number of amides is 1. The van der Waals surface area contributed by atoms with Gasteiger partial charge < -0.3 is 26.4 Å². The Balaban J connectivity index is 1.60. The normalized spacial score (nSPS) is 14.4. The topological polar surface area (TPSA) is 159 Å². The smallest absolute Gasteiger partial charge is 0.410 e. The first kappa shape index (κ1) is 32.6. The molecule has 0 aliphatic carbocycles. The third-order valence-corrected chi connectivity index (χ3v) is 7.35. The highest BCUT2D eigenvalue weighted by atomic mass is 31.0. The Labute approximate surface area is 266 Å². The number of fused-ring (bicyclic) bond motifs is 2. The molecule has 0 saturated heterocycles. The van der Waals surface area contributed by atoms with Gasteiger partial charge in [-0.05, 0) is 77.1 Å².